The van der Waals surface area contributed by atoms with Crippen LogP contribution >= 0.6 is 0 Å². The van der Waals surface area contributed by atoms with Crippen molar-refractivity contribution < 1.29 is 13.9 Å². The molecular formula is C17H21N5O3. The van der Waals surface area contributed by atoms with E-state index in [-0.39, 0.29) is 11.9 Å². The molecule has 2 saturated heterocycles. The van der Waals surface area contributed by atoms with Crippen LogP contribution in [-0.4, -0.2) is 58.6 Å². The van der Waals surface area contributed by atoms with Crippen LogP contribution in [-0.2, 0) is 4.74 Å². The summed E-state index contributed by atoms with van der Waals surface area (Å²) in [5.74, 6) is 2.00. The van der Waals surface area contributed by atoms with E-state index in [1.54, 1.807) is 11.8 Å². The third-order valence-corrected chi connectivity index (χ3v) is 4.64. The molecule has 25 heavy (non-hydrogen) atoms. The van der Waals surface area contributed by atoms with Gasteiger partial charge in [-0.1, -0.05) is 0 Å². The van der Waals surface area contributed by atoms with Crippen molar-refractivity contribution in [2.24, 2.45) is 0 Å². The zero-order valence-corrected chi connectivity index (χ0v) is 14.4. The molecule has 0 aromatic carbocycles. The van der Waals surface area contributed by atoms with Crippen LogP contribution in [0.3, 0.4) is 0 Å². The summed E-state index contributed by atoms with van der Waals surface area (Å²) in [5.41, 5.74) is 1.23. The number of oxazole rings is 1. The smallest absolute Gasteiger partial charge is 0.276 e. The average molecular weight is 343 g/mol. The van der Waals surface area contributed by atoms with Gasteiger partial charge in [0, 0.05) is 32.6 Å². The van der Waals surface area contributed by atoms with E-state index in [0.717, 1.165) is 36.8 Å². The fourth-order valence-electron chi connectivity index (χ4n) is 3.25. The lowest BCUT2D eigenvalue weighted by molar-refractivity contribution is 0.0444. The Kier molecular flexibility index (Phi) is 4.12. The molecule has 2 aliphatic heterocycles. The van der Waals surface area contributed by atoms with Crippen LogP contribution in [0.4, 0.5) is 5.82 Å². The predicted octanol–water partition coefficient (Wildman–Crippen LogP) is 1.51. The normalized spacial score (nSPS) is 20.5. The van der Waals surface area contributed by atoms with Crippen LogP contribution in [0, 0.1) is 13.8 Å². The molecule has 4 heterocycles. The van der Waals surface area contributed by atoms with E-state index < -0.39 is 0 Å². The van der Waals surface area contributed by atoms with Gasteiger partial charge in [0.2, 0.25) is 0 Å². The maximum atomic E-state index is 12.6. The van der Waals surface area contributed by atoms with Gasteiger partial charge in [0.1, 0.15) is 17.9 Å². The number of amides is 1. The van der Waals surface area contributed by atoms with E-state index in [4.69, 9.17) is 9.15 Å². The van der Waals surface area contributed by atoms with Gasteiger partial charge in [0.15, 0.2) is 11.6 Å². The average Bonchev–Trinajstić information content (AvgIpc) is 3.01. The van der Waals surface area contributed by atoms with Crippen LogP contribution in [0.25, 0.3) is 0 Å². The second-order valence-electron chi connectivity index (χ2n) is 6.35. The lowest BCUT2D eigenvalue weighted by Gasteiger charge is -2.40. The first-order valence-corrected chi connectivity index (χ1v) is 8.53. The van der Waals surface area contributed by atoms with Crippen molar-refractivity contribution in [3.63, 3.8) is 0 Å². The number of hydrogen-bond acceptors (Lipinski definition) is 7. The molecule has 2 aromatic heterocycles. The molecule has 2 aliphatic rings. The molecule has 132 valence electrons. The Balaban J connectivity index is 1.56. The van der Waals surface area contributed by atoms with Crippen molar-refractivity contribution in [2.75, 3.05) is 37.7 Å². The molecule has 0 bridgehead atoms. The predicted molar refractivity (Wildman–Crippen MR) is 89.4 cm³/mol. The van der Waals surface area contributed by atoms with Gasteiger partial charge in [-0.05, 0) is 13.3 Å². The molecule has 0 saturated carbocycles. The van der Waals surface area contributed by atoms with Crippen molar-refractivity contribution in [1.29, 1.82) is 0 Å². The molecule has 2 fully saturated rings. The van der Waals surface area contributed by atoms with E-state index in [1.165, 1.54) is 6.26 Å². The summed E-state index contributed by atoms with van der Waals surface area (Å²) in [6.45, 7) is 7.37. The number of carbonyl (C=O) groups excluding carboxylic acids is 1. The van der Waals surface area contributed by atoms with Gasteiger partial charge in [-0.3, -0.25) is 4.79 Å². The molecule has 2 aromatic rings. The Morgan fingerprint density at radius 3 is 2.60 bits per heavy atom. The largest absolute Gasteiger partial charge is 0.448 e. The van der Waals surface area contributed by atoms with Gasteiger partial charge in [-0.15, -0.1) is 0 Å². The van der Waals surface area contributed by atoms with E-state index in [2.05, 4.69) is 19.9 Å². The molecule has 0 radical (unpaired) electrons. The number of likely N-dealkylation sites (tertiary alicyclic amines) is 1. The zero-order chi connectivity index (χ0) is 17.4. The summed E-state index contributed by atoms with van der Waals surface area (Å²) in [6, 6.07) is 1.96. The van der Waals surface area contributed by atoms with Crippen molar-refractivity contribution in [2.45, 2.75) is 26.3 Å². The minimum absolute atomic E-state index is 0.0361. The maximum Gasteiger partial charge on any atom is 0.276 e. The van der Waals surface area contributed by atoms with Gasteiger partial charge in [-0.2, -0.15) is 0 Å². The molecule has 8 nitrogen and oxygen atoms in total. The quantitative estimate of drug-likeness (QED) is 0.835. The Bertz CT molecular complexity index is 784. The minimum atomic E-state index is -0.114. The van der Waals surface area contributed by atoms with Gasteiger partial charge in [-0.25, -0.2) is 15.0 Å². The number of rotatable bonds is 3. The van der Waals surface area contributed by atoms with Gasteiger partial charge < -0.3 is 19.0 Å². The molecular weight excluding hydrogens is 322 g/mol. The highest BCUT2D eigenvalue weighted by molar-refractivity contribution is 5.92. The zero-order valence-electron chi connectivity index (χ0n) is 14.4. The fraction of sp³-hybridized carbons (Fsp3) is 0.529. The Morgan fingerprint density at radius 1 is 1.16 bits per heavy atom. The maximum absolute atomic E-state index is 12.6. The third kappa shape index (κ3) is 3.09. The van der Waals surface area contributed by atoms with E-state index >= 15 is 0 Å². The number of nitrogens with zero attached hydrogens (tertiary/aromatic N) is 5. The molecule has 0 N–H and O–H groups in total. The van der Waals surface area contributed by atoms with Crippen molar-refractivity contribution in [1.82, 2.24) is 19.9 Å². The summed E-state index contributed by atoms with van der Waals surface area (Å²) in [5, 5.41) is 0. The summed E-state index contributed by atoms with van der Waals surface area (Å²) in [4.78, 5) is 29.9. The number of aromatic nitrogens is 3. The van der Waals surface area contributed by atoms with Crippen molar-refractivity contribution >= 4 is 11.7 Å². The number of carbonyl (C=O) groups is 1. The fourth-order valence-corrected chi connectivity index (χ4v) is 3.25. The number of morpholine rings is 1. The molecule has 8 heteroatoms. The number of aryl methyl sites for hydroxylation is 2. The van der Waals surface area contributed by atoms with E-state index in [0.29, 0.717) is 31.3 Å². The lowest BCUT2D eigenvalue weighted by atomic mass is 9.98. The number of anilines is 1. The van der Waals surface area contributed by atoms with Crippen LogP contribution in [0.15, 0.2) is 16.7 Å². The van der Waals surface area contributed by atoms with Crippen molar-refractivity contribution in [3.05, 3.63) is 35.4 Å². The molecule has 0 unspecified atom stereocenters. The van der Waals surface area contributed by atoms with Crippen LogP contribution < -0.4 is 4.90 Å². The first kappa shape index (κ1) is 16.0. The van der Waals surface area contributed by atoms with Crippen LogP contribution in [0.1, 0.15) is 40.4 Å². The molecule has 0 aliphatic carbocycles. The second kappa shape index (κ2) is 6.44. The Hall–Kier alpha value is -2.48. The summed E-state index contributed by atoms with van der Waals surface area (Å²) in [6.07, 6.45) is 2.30. The summed E-state index contributed by atoms with van der Waals surface area (Å²) >= 11 is 0. The highest BCUT2D eigenvalue weighted by atomic mass is 16.5. The van der Waals surface area contributed by atoms with Gasteiger partial charge >= 0.3 is 0 Å². The van der Waals surface area contributed by atoms with E-state index in [9.17, 15) is 4.79 Å². The monoisotopic (exact) mass is 343 g/mol. The van der Waals surface area contributed by atoms with Crippen molar-refractivity contribution in [3.8, 4) is 0 Å². The first-order chi connectivity index (χ1) is 12.1. The number of hydrogen-bond donors (Lipinski definition) is 0. The Labute approximate surface area is 145 Å². The highest BCUT2D eigenvalue weighted by Crippen LogP contribution is 2.34. The second-order valence-corrected chi connectivity index (χ2v) is 6.35. The Morgan fingerprint density at radius 2 is 1.96 bits per heavy atom. The molecule has 1 amide bonds. The van der Waals surface area contributed by atoms with Gasteiger partial charge in [0.25, 0.3) is 5.91 Å². The first-order valence-electron chi connectivity index (χ1n) is 8.53. The summed E-state index contributed by atoms with van der Waals surface area (Å²) < 4.78 is 10.6. The highest BCUT2D eigenvalue weighted by Gasteiger charge is 2.36. The van der Waals surface area contributed by atoms with E-state index in [1.807, 2.05) is 13.0 Å². The minimum Gasteiger partial charge on any atom is -0.448 e. The molecule has 4 rings (SSSR count). The molecule has 0 spiro atoms. The van der Waals surface area contributed by atoms with Crippen LogP contribution in [0.5, 0.6) is 0 Å². The number of ether oxygens (including phenoxy) is 1. The topological polar surface area (TPSA) is 84.6 Å². The molecule has 1 atom stereocenters. The standard InChI is InChI=1S/C17H21N5O3/c1-11-18-13(9-16(19-11)21-5-7-24-8-6-21)15-3-4-22(15)17(23)14-10-25-12(2)20-14/h9-10,15H,3-8H2,1-2H3/t15-/m0/s1. The third-order valence-electron chi connectivity index (χ3n) is 4.64. The SMILES string of the molecule is Cc1nc([C@@H]2CCN2C(=O)c2coc(C)n2)cc(N2CCOCC2)n1. The van der Waals surface area contributed by atoms with Crippen LogP contribution in [0.2, 0.25) is 0 Å². The lowest BCUT2D eigenvalue weighted by Crippen LogP contribution is -2.46. The van der Waals surface area contributed by atoms with Gasteiger partial charge in [0.05, 0.1) is 24.9 Å². The summed E-state index contributed by atoms with van der Waals surface area (Å²) in [7, 11) is 0.